The van der Waals surface area contributed by atoms with Gasteiger partial charge < -0.3 is 19.9 Å². The highest BCUT2D eigenvalue weighted by atomic mass is 35.5. The number of hydrogen-bond donors (Lipinski definition) is 2. The van der Waals surface area contributed by atoms with E-state index in [1.807, 2.05) is 36.7 Å². The molecule has 0 amide bonds. The zero-order valence-corrected chi connectivity index (χ0v) is 15.2. The Labute approximate surface area is 151 Å². The topological polar surface area (TPSA) is 63.5 Å². The van der Waals surface area contributed by atoms with Crippen LogP contribution < -0.4 is 15.4 Å². The normalized spacial score (nSPS) is 11.4. The lowest BCUT2D eigenvalue weighted by molar-refractivity contribution is 0.320. The van der Waals surface area contributed by atoms with Crippen LogP contribution in [0.1, 0.15) is 12.6 Å². The average Bonchev–Trinajstić information content (AvgIpc) is 2.84. The molecule has 0 fully saturated rings. The number of halogens is 2. The lowest BCUT2D eigenvalue weighted by Gasteiger charge is -2.12. The van der Waals surface area contributed by atoms with Crippen molar-refractivity contribution in [1.29, 1.82) is 0 Å². The van der Waals surface area contributed by atoms with Crippen LogP contribution in [0.2, 0.25) is 10.2 Å². The molecule has 0 saturated carbocycles. The highest BCUT2D eigenvalue weighted by molar-refractivity contribution is 6.41. The van der Waals surface area contributed by atoms with Crippen molar-refractivity contribution < 1.29 is 4.74 Å². The second kappa shape index (κ2) is 9.39. The van der Waals surface area contributed by atoms with Crippen molar-refractivity contribution in [2.75, 3.05) is 19.7 Å². The number of pyridine rings is 1. The minimum Gasteiger partial charge on any atom is -0.490 e. The molecular formula is C16H21Cl2N5O. The minimum atomic E-state index is 0.474. The molecule has 0 aliphatic rings. The van der Waals surface area contributed by atoms with Crippen LogP contribution in [0, 0.1) is 0 Å². The molecule has 130 valence electrons. The van der Waals surface area contributed by atoms with E-state index in [1.165, 1.54) is 0 Å². The van der Waals surface area contributed by atoms with Gasteiger partial charge in [0.25, 0.3) is 0 Å². The predicted molar refractivity (Wildman–Crippen MR) is 98.0 cm³/mol. The first kappa shape index (κ1) is 18.4. The van der Waals surface area contributed by atoms with E-state index in [-0.39, 0.29) is 0 Å². The molecule has 2 N–H and O–H groups in total. The van der Waals surface area contributed by atoms with Crippen molar-refractivity contribution >= 4 is 29.2 Å². The molecule has 0 aliphatic heterocycles. The summed E-state index contributed by atoms with van der Waals surface area (Å²) in [5.41, 5.74) is 0.939. The maximum Gasteiger partial charge on any atom is 0.191 e. The van der Waals surface area contributed by atoms with E-state index in [9.17, 15) is 0 Å². The molecule has 0 bridgehead atoms. The number of ether oxygens (including phenoxy) is 1. The average molecular weight is 370 g/mol. The molecule has 0 atom stereocenters. The molecule has 8 heteroatoms. The number of guanidine groups is 1. The van der Waals surface area contributed by atoms with Crippen molar-refractivity contribution in [2.45, 2.75) is 13.5 Å². The van der Waals surface area contributed by atoms with Crippen LogP contribution in [0.15, 0.2) is 35.6 Å². The quantitative estimate of drug-likeness (QED) is 0.447. The van der Waals surface area contributed by atoms with Crippen molar-refractivity contribution in [3.63, 3.8) is 0 Å². The molecule has 0 spiro atoms. The lowest BCUT2D eigenvalue weighted by atomic mass is 10.4. The second-order valence-corrected chi connectivity index (χ2v) is 5.76. The summed E-state index contributed by atoms with van der Waals surface area (Å²) < 4.78 is 7.41. The Bertz CT molecular complexity index is 673. The van der Waals surface area contributed by atoms with Crippen LogP contribution >= 0.6 is 23.2 Å². The minimum absolute atomic E-state index is 0.474. The molecule has 2 rings (SSSR count). The maximum atomic E-state index is 6.07. The molecule has 2 heterocycles. The highest BCUT2D eigenvalue weighted by Gasteiger charge is 2.08. The Hall–Kier alpha value is -1.92. The third-order valence-corrected chi connectivity index (χ3v) is 4.10. The van der Waals surface area contributed by atoms with Crippen LogP contribution in [0.4, 0.5) is 0 Å². The highest BCUT2D eigenvalue weighted by Crippen LogP contribution is 2.25. The van der Waals surface area contributed by atoms with E-state index in [1.54, 1.807) is 12.4 Å². The standard InChI is InChI=1S/C16H21Cl2N5O/c1-3-20-16(21-7-8-24-13-5-4-6-19-11-13)22-10-12-9-14(17)15(18)23(12)2/h4-6,9,11H,3,7-8,10H2,1-2H3,(H2,20,21,22). The molecule has 24 heavy (non-hydrogen) atoms. The fraction of sp³-hybridized carbons (Fsp3) is 0.375. The molecule has 0 unspecified atom stereocenters. The van der Waals surface area contributed by atoms with Crippen molar-refractivity contribution in [1.82, 2.24) is 20.2 Å². The molecule has 0 radical (unpaired) electrons. The van der Waals surface area contributed by atoms with Gasteiger partial charge in [-0.15, -0.1) is 0 Å². The van der Waals surface area contributed by atoms with E-state index in [4.69, 9.17) is 27.9 Å². The Morgan fingerprint density at radius 2 is 2.21 bits per heavy atom. The Morgan fingerprint density at radius 3 is 2.83 bits per heavy atom. The summed E-state index contributed by atoms with van der Waals surface area (Å²) in [5, 5.41) is 7.46. The predicted octanol–water partition coefficient (Wildman–Crippen LogP) is 2.86. The maximum absolute atomic E-state index is 6.07. The third-order valence-electron chi connectivity index (χ3n) is 3.26. The Morgan fingerprint density at radius 1 is 1.38 bits per heavy atom. The Balaban J connectivity index is 1.85. The largest absolute Gasteiger partial charge is 0.490 e. The van der Waals surface area contributed by atoms with Gasteiger partial charge in [-0.1, -0.05) is 23.2 Å². The second-order valence-electron chi connectivity index (χ2n) is 4.99. The molecule has 0 aliphatic carbocycles. The van der Waals surface area contributed by atoms with Crippen LogP contribution in [-0.2, 0) is 13.6 Å². The van der Waals surface area contributed by atoms with Crippen LogP contribution in [0.3, 0.4) is 0 Å². The van der Waals surface area contributed by atoms with Gasteiger partial charge in [0.1, 0.15) is 17.5 Å². The van der Waals surface area contributed by atoms with Crippen LogP contribution in [-0.4, -0.2) is 35.2 Å². The smallest absolute Gasteiger partial charge is 0.191 e. The van der Waals surface area contributed by atoms with E-state index in [2.05, 4.69) is 20.6 Å². The number of aromatic nitrogens is 2. The van der Waals surface area contributed by atoms with Gasteiger partial charge in [0.2, 0.25) is 0 Å². The van der Waals surface area contributed by atoms with Gasteiger partial charge in [-0.25, -0.2) is 4.99 Å². The van der Waals surface area contributed by atoms with E-state index in [0.717, 1.165) is 18.0 Å². The fourth-order valence-electron chi connectivity index (χ4n) is 2.01. The number of nitrogens with one attached hydrogen (secondary N) is 2. The number of nitrogens with zero attached hydrogens (tertiary/aromatic N) is 3. The molecule has 2 aromatic rings. The van der Waals surface area contributed by atoms with Gasteiger partial charge in [0.15, 0.2) is 5.96 Å². The SMILES string of the molecule is CCNC(=NCc1cc(Cl)c(Cl)n1C)NCCOc1cccnc1. The van der Waals surface area contributed by atoms with Gasteiger partial charge >= 0.3 is 0 Å². The number of rotatable bonds is 7. The summed E-state index contributed by atoms with van der Waals surface area (Å²) in [4.78, 5) is 8.53. The van der Waals surface area contributed by atoms with E-state index >= 15 is 0 Å². The van der Waals surface area contributed by atoms with Crippen LogP contribution in [0.25, 0.3) is 0 Å². The first-order chi connectivity index (χ1) is 11.6. The molecule has 0 aromatic carbocycles. The number of aliphatic imine (C=N–C) groups is 1. The third kappa shape index (κ3) is 5.32. The summed E-state index contributed by atoms with van der Waals surface area (Å²) in [6.07, 6.45) is 3.39. The van der Waals surface area contributed by atoms with E-state index < -0.39 is 0 Å². The summed E-state index contributed by atoms with van der Waals surface area (Å²) in [5.74, 6) is 1.45. The first-order valence-corrected chi connectivity index (χ1v) is 8.42. The van der Waals surface area contributed by atoms with Gasteiger partial charge in [-0.05, 0) is 25.1 Å². The molecule has 0 saturated heterocycles. The summed E-state index contributed by atoms with van der Waals surface area (Å²) in [7, 11) is 1.86. The van der Waals surface area contributed by atoms with Gasteiger partial charge in [0, 0.05) is 25.5 Å². The monoisotopic (exact) mass is 369 g/mol. The van der Waals surface area contributed by atoms with E-state index in [0.29, 0.717) is 35.8 Å². The van der Waals surface area contributed by atoms with Crippen molar-refractivity contribution in [3.8, 4) is 5.75 Å². The Kier molecular flexibility index (Phi) is 7.21. The van der Waals surface area contributed by atoms with Crippen LogP contribution in [0.5, 0.6) is 5.75 Å². The van der Waals surface area contributed by atoms with Gasteiger partial charge in [-0.2, -0.15) is 0 Å². The molecule has 6 nitrogen and oxygen atoms in total. The van der Waals surface area contributed by atoms with Crippen molar-refractivity contribution in [2.24, 2.45) is 12.0 Å². The first-order valence-electron chi connectivity index (χ1n) is 7.66. The summed E-state index contributed by atoms with van der Waals surface area (Å²) in [6.45, 7) is 4.39. The van der Waals surface area contributed by atoms with Gasteiger partial charge in [-0.3, -0.25) is 4.98 Å². The number of hydrogen-bond acceptors (Lipinski definition) is 3. The zero-order chi connectivity index (χ0) is 17.4. The molecule has 2 aromatic heterocycles. The molecular weight excluding hydrogens is 349 g/mol. The van der Waals surface area contributed by atoms with Crippen molar-refractivity contribution in [3.05, 3.63) is 46.5 Å². The van der Waals surface area contributed by atoms with Gasteiger partial charge in [0.05, 0.1) is 24.3 Å². The fourth-order valence-corrected chi connectivity index (χ4v) is 2.43. The summed E-state index contributed by atoms with van der Waals surface area (Å²) in [6, 6.07) is 5.53. The zero-order valence-electron chi connectivity index (χ0n) is 13.7. The lowest BCUT2D eigenvalue weighted by Crippen LogP contribution is -2.39. The summed E-state index contributed by atoms with van der Waals surface area (Å²) >= 11 is 12.1.